The Kier molecular flexibility index (Phi) is 3.03. The smallest absolute Gasteiger partial charge is 0.194 e. The lowest BCUT2D eigenvalue weighted by Crippen LogP contribution is -2.29. The van der Waals surface area contributed by atoms with Crippen molar-refractivity contribution in [3.63, 3.8) is 0 Å². The molecular formula is C17H15NO2. The predicted octanol–water partition coefficient (Wildman–Crippen LogP) is 3.29. The van der Waals surface area contributed by atoms with E-state index in [2.05, 4.69) is 0 Å². The molecular weight excluding hydrogens is 250 g/mol. The summed E-state index contributed by atoms with van der Waals surface area (Å²) in [6.07, 6.45) is 0. The standard InChI is InChI=1S/C17H15NO2/c1-18-11-14(16(19)12-7-3-2-4-8-12)17(20)13-9-5-6-10-15(13)18/h2-10,20H,11H2,1H3. The largest absolute Gasteiger partial charge is 0.507 e. The van der Waals surface area contributed by atoms with Gasteiger partial charge in [0.2, 0.25) is 0 Å². The van der Waals surface area contributed by atoms with Crippen LogP contribution in [0.3, 0.4) is 0 Å². The highest BCUT2D eigenvalue weighted by Crippen LogP contribution is 2.33. The van der Waals surface area contributed by atoms with E-state index in [1.807, 2.05) is 54.4 Å². The predicted molar refractivity (Wildman–Crippen MR) is 80.0 cm³/mol. The Morgan fingerprint density at radius 2 is 1.70 bits per heavy atom. The molecule has 2 aromatic rings. The Labute approximate surface area is 117 Å². The number of likely N-dealkylation sites (N-methyl/N-ethyl adjacent to an activating group) is 1. The molecule has 0 aromatic heterocycles. The fraction of sp³-hybridized carbons (Fsp3) is 0.118. The van der Waals surface area contributed by atoms with Gasteiger partial charge in [-0.25, -0.2) is 0 Å². The lowest BCUT2D eigenvalue weighted by Gasteiger charge is -2.28. The molecule has 0 bridgehead atoms. The highest BCUT2D eigenvalue weighted by molar-refractivity contribution is 6.14. The molecule has 0 aliphatic carbocycles. The van der Waals surface area contributed by atoms with E-state index in [4.69, 9.17) is 0 Å². The summed E-state index contributed by atoms with van der Waals surface area (Å²) in [6.45, 7) is 0.413. The molecule has 0 atom stereocenters. The summed E-state index contributed by atoms with van der Waals surface area (Å²) in [5, 5.41) is 10.4. The number of carbonyl (C=O) groups excluding carboxylic acids is 1. The normalized spacial score (nSPS) is 14.2. The van der Waals surface area contributed by atoms with Gasteiger partial charge in [-0.1, -0.05) is 42.5 Å². The average Bonchev–Trinajstić information content (AvgIpc) is 2.51. The molecule has 20 heavy (non-hydrogen) atoms. The van der Waals surface area contributed by atoms with Crippen molar-refractivity contribution in [2.75, 3.05) is 18.5 Å². The van der Waals surface area contributed by atoms with E-state index in [9.17, 15) is 9.90 Å². The zero-order chi connectivity index (χ0) is 14.1. The number of fused-ring (bicyclic) bond motifs is 1. The van der Waals surface area contributed by atoms with Crippen LogP contribution in [0.25, 0.3) is 5.76 Å². The van der Waals surface area contributed by atoms with Crippen LogP contribution in [0, 0.1) is 0 Å². The fourth-order valence-corrected chi connectivity index (χ4v) is 2.51. The molecule has 3 rings (SSSR count). The summed E-state index contributed by atoms with van der Waals surface area (Å²) < 4.78 is 0. The van der Waals surface area contributed by atoms with Crippen LogP contribution in [0.15, 0.2) is 60.2 Å². The third-order valence-corrected chi connectivity index (χ3v) is 3.56. The lowest BCUT2D eigenvalue weighted by atomic mass is 9.95. The van der Waals surface area contributed by atoms with Crippen molar-refractivity contribution in [3.8, 4) is 0 Å². The SMILES string of the molecule is CN1CC(C(=O)c2ccccc2)=C(O)c2ccccc21. The second-order valence-corrected chi connectivity index (χ2v) is 4.90. The Morgan fingerprint density at radius 3 is 2.45 bits per heavy atom. The minimum Gasteiger partial charge on any atom is -0.507 e. The van der Waals surface area contributed by atoms with Crippen molar-refractivity contribution < 1.29 is 9.90 Å². The number of para-hydroxylation sites is 1. The number of rotatable bonds is 2. The van der Waals surface area contributed by atoms with E-state index in [0.717, 1.165) is 5.69 Å². The van der Waals surface area contributed by atoms with Crippen molar-refractivity contribution >= 4 is 17.2 Å². The van der Waals surface area contributed by atoms with E-state index in [-0.39, 0.29) is 11.5 Å². The monoisotopic (exact) mass is 265 g/mol. The summed E-state index contributed by atoms with van der Waals surface area (Å²) in [7, 11) is 1.92. The number of hydrogen-bond donors (Lipinski definition) is 1. The molecule has 1 heterocycles. The van der Waals surface area contributed by atoms with Gasteiger partial charge in [-0.3, -0.25) is 4.79 Å². The first-order valence-electron chi connectivity index (χ1n) is 6.51. The number of hydrogen-bond acceptors (Lipinski definition) is 3. The van der Waals surface area contributed by atoms with Crippen LogP contribution in [-0.4, -0.2) is 24.5 Å². The van der Waals surface area contributed by atoms with E-state index in [0.29, 0.717) is 23.2 Å². The molecule has 3 heteroatoms. The van der Waals surface area contributed by atoms with Crippen molar-refractivity contribution in [2.24, 2.45) is 0 Å². The Bertz CT molecular complexity index is 689. The first kappa shape index (κ1) is 12.5. The van der Waals surface area contributed by atoms with Crippen LogP contribution in [0.2, 0.25) is 0 Å². The number of Topliss-reactive ketones (excluding diaryl/α,β-unsaturated/α-hetero) is 1. The molecule has 3 nitrogen and oxygen atoms in total. The third kappa shape index (κ3) is 1.97. The van der Waals surface area contributed by atoms with Crippen LogP contribution in [0.4, 0.5) is 5.69 Å². The van der Waals surface area contributed by atoms with Crippen LogP contribution in [0.5, 0.6) is 0 Å². The minimum absolute atomic E-state index is 0.0903. The van der Waals surface area contributed by atoms with Crippen molar-refractivity contribution in [1.82, 2.24) is 0 Å². The van der Waals surface area contributed by atoms with Gasteiger partial charge in [0.15, 0.2) is 5.78 Å². The van der Waals surface area contributed by atoms with Gasteiger partial charge in [0, 0.05) is 23.9 Å². The molecule has 0 unspecified atom stereocenters. The zero-order valence-corrected chi connectivity index (χ0v) is 11.2. The highest BCUT2D eigenvalue weighted by Gasteiger charge is 2.26. The van der Waals surface area contributed by atoms with E-state index < -0.39 is 0 Å². The zero-order valence-electron chi connectivity index (χ0n) is 11.2. The number of aliphatic hydroxyl groups excluding tert-OH is 1. The Hall–Kier alpha value is -2.55. The van der Waals surface area contributed by atoms with Crippen LogP contribution in [-0.2, 0) is 0 Å². The maximum atomic E-state index is 12.5. The Balaban J connectivity index is 2.09. The van der Waals surface area contributed by atoms with E-state index in [1.165, 1.54) is 0 Å². The molecule has 2 aromatic carbocycles. The van der Waals surface area contributed by atoms with Gasteiger partial charge in [-0.15, -0.1) is 0 Å². The summed E-state index contributed by atoms with van der Waals surface area (Å²) in [5.74, 6) is -0.0305. The van der Waals surface area contributed by atoms with Gasteiger partial charge in [-0.05, 0) is 12.1 Å². The molecule has 1 aliphatic rings. The van der Waals surface area contributed by atoms with E-state index in [1.54, 1.807) is 12.1 Å². The van der Waals surface area contributed by atoms with Gasteiger partial charge in [-0.2, -0.15) is 0 Å². The maximum Gasteiger partial charge on any atom is 0.194 e. The van der Waals surface area contributed by atoms with Gasteiger partial charge in [0.05, 0.1) is 12.1 Å². The number of carbonyl (C=O) groups is 1. The number of aliphatic hydroxyl groups is 1. The summed E-state index contributed by atoms with van der Waals surface area (Å²) >= 11 is 0. The first-order valence-corrected chi connectivity index (χ1v) is 6.51. The number of benzene rings is 2. The molecule has 0 saturated carbocycles. The molecule has 0 radical (unpaired) electrons. The molecule has 0 saturated heterocycles. The summed E-state index contributed by atoms with van der Waals surface area (Å²) in [4.78, 5) is 14.5. The highest BCUT2D eigenvalue weighted by atomic mass is 16.3. The van der Waals surface area contributed by atoms with Crippen LogP contribution < -0.4 is 4.90 Å². The topological polar surface area (TPSA) is 40.5 Å². The van der Waals surface area contributed by atoms with Gasteiger partial charge >= 0.3 is 0 Å². The van der Waals surface area contributed by atoms with Crippen LogP contribution in [0.1, 0.15) is 15.9 Å². The second kappa shape index (κ2) is 4.85. The fourth-order valence-electron chi connectivity index (χ4n) is 2.51. The first-order chi connectivity index (χ1) is 9.68. The van der Waals surface area contributed by atoms with E-state index >= 15 is 0 Å². The number of anilines is 1. The van der Waals surface area contributed by atoms with Crippen molar-refractivity contribution in [2.45, 2.75) is 0 Å². The van der Waals surface area contributed by atoms with Gasteiger partial charge < -0.3 is 10.0 Å². The summed E-state index contributed by atoms with van der Waals surface area (Å²) in [6, 6.07) is 16.6. The molecule has 0 amide bonds. The second-order valence-electron chi connectivity index (χ2n) is 4.90. The molecule has 0 fully saturated rings. The van der Waals surface area contributed by atoms with Gasteiger partial charge in [0.1, 0.15) is 5.76 Å². The minimum atomic E-state index is -0.121. The van der Waals surface area contributed by atoms with Crippen molar-refractivity contribution in [3.05, 3.63) is 71.3 Å². The maximum absolute atomic E-state index is 12.5. The Morgan fingerprint density at radius 1 is 1.05 bits per heavy atom. The third-order valence-electron chi connectivity index (χ3n) is 3.56. The molecule has 1 N–H and O–H groups in total. The van der Waals surface area contributed by atoms with Gasteiger partial charge in [0.25, 0.3) is 0 Å². The lowest BCUT2D eigenvalue weighted by molar-refractivity contribution is 0.103. The molecule has 100 valence electrons. The number of nitrogens with zero attached hydrogens (tertiary/aromatic N) is 1. The molecule has 1 aliphatic heterocycles. The van der Waals surface area contributed by atoms with Crippen LogP contribution >= 0.6 is 0 Å². The average molecular weight is 265 g/mol. The molecule has 0 spiro atoms. The van der Waals surface area contributed by atoms with Crippen molar-refractivity contribution in [1.29, 1.82) is 0 Å². The summed E-state index contributed by atoms with van der Waals surface area (Å²) in [5.41, 5.74) is 2.69. The number of ketones is 1. The quantitative estimate of drug-likeness (QED) is 0.847.